The Labute approximate surface area is 195 Å². The molecular formula is C25H24FN5O3. The quantitative estimate of drug-likeness (QED) is 0.348. The number of benzene rings is 2. The molecule has 2 aromatic carbocycles. The van der Waals surface area contributed by atoms with Gasteiger partial charge in [-0.1, -0.05) is 13.8 Å². The van der Waals surface area contributed by atoms with Crippen molar-refractivity contribution in [2.24, 2.45) is 0 Å². The number of carbonyl (C=O) groups is 2. The number of furan rings is 1. The van der Waals surface area contributed by atoms with Crippen LogP contribution in [0.1, 0.15) is 41.6 Å². The lowest BCUT2D eigenvalue weighted by Gasteiger charge is -2.13. The van der Waals surface area contributed by atoms with Crippen LogP contribution in [0.4, 0.5) is 20.6 Å². The SMILES string of the molecule is CC(C)c1c(C(=O)Nc2ccc(NC(=O)NCc3ccco3)cc2)cnn1-c1ccc(F)cc1. The maximum Gasteiger partial charge on any atom is 0.319 e. The summed E-state index contributed by atoms with van der Waals surface area (Å²) in [5, 5.41) is 12.6. The zero-order chi connectivity index (χ0) is 24.1. The van der Waals surface area contributed by atoms with Gasteiger partial charge in [0.2, 0.25) is 0 Å². The third-order valence-corrected chi connectivity index (χ3v) is 5.07. The fourth-order valence-electron chi connectivity index (χ4n) is 3.47. The first kappa shape index (κ1) is 22.8. The molecule has 0 saturated carbocycles. The predicted octanol–water partition coefficient (Wildman–Crippen LogP) is 5.30. The molecule has 0 aliphatic carbocycles. The summed E-state index contributed by atoms with van der Waals surface area (Å²) < 4.78 is 20.1. The van der Waals surface area contributed by atoms with E-state index in [9.17, 15) is 14.0 Å². The van der Waals surface area contributed by atoms with Crippen LogP contribution in [0.5, 0.6) is 0 Å². The van der Waals surface area contributed by atoms with Crippen LogP contribution in [0.2, 0.25) is 0 Å². The van der Waals surface area contributed by atoms with E-state index in [0.717, 1.165) is 5.69 Å². The Kier molecular flexibility index (Phi) is 6.72. The fourth-order valence-corrected chi connectivity index (χ4v) is 3.47. The van der Waals surface area contributed by atoms with Crippen molar-refractivity contribution in [1.29, 1.82) is 0 Å². The minimum atomic E-state index is -0.372. The van der Waals surface area contributed by atoms with Gasteiger partial charge in [-0.15, -0.1) is 0 Å². The molecule has 0 unspecified atom stereocenters. The van der Waals surface area contributed by atoms with Crippen molar-refractivity contribution in [2.45, 2.75) is 26.3 Å². The van der Waals surface area contributed by atoms with Gasteiger partial charge < -0.3 is 20.4 Å². The maximum absolute atomic E-state index is 13.3. The molecule has 0 bridgehead atoms. The van der Waals surface area contributed by atoms with Gasteiger partial charge in [-0.05, 0) is 66.6 Å². The smallest absolute Gasteiger partial charge is 0.319 e. The number of hydrogen-bond donors (Lipinski definition) is 3. The number of carbonyl (C=O) groups excluding carboxylic acids is 2. The van der Waals surface area contributed by atoms with Gasteiger partial charge in [-0.2, -0.15) is 5.10 Å². The van der Waals surface area contributed by atoms with E-state index in [2.05, 4.69) is 21.0 Å². The first-order valence-corrected chi connectivity index (χ1v) is 10.7. The molecule has 0 aliphatic rings. The largest absolute Gasteiger partial charge is 0.467 e. The van der Waals surface area contributed by atoms with E-state index in [0.29, 0.717) is 28.4 Å². The highest BCUT2D eigenvalue weighted by Crippen LogP contribution is 2.24. The third-order valence-electron chi connectivity index (χ3n) is 5.07. The lowest BCUT2D eigenvalue weighted by atomic mass is 10.0. The normalized spacial score (nSPS) is 10.8. The fraction of sp³-hybridized carbons (Fsp3) is 0.160. The molecule has 174 valence electrons. The molecule has 0 atom stereocenters. The molecule has 3 amide bonds. The molecule has 0 aliphatic heterocycles. The summed E-state index contributed by atoms with van der Waals surface area (Å²) in [6, 6.07) is 15.9. The minimum absolute atomic E-state index is 0.000399. The number of aromatic nitrogens is 2. The van der Waals surface area contributed by atoms with Gasteiger partial charge in [0.1, 0.15) is 11.6 Å². The molecule has 3 N–H and O–H groups in total. The molecule has 8 nitrogen and oxygen atoms in total. The average Bonchev–Trinajstić information content (AvgIpc) is 3.50. The van der Waals surface area contributed by atoms with Crippen LogP contribution in [-0.4, -0.2) is 21.7 Å². The van der Waals surface area contributed by atoms with E-state index >= 15 is 0 Å². The second-order valence-electron chi connectivity index (χ2n) is 7.90. The van der Waals surface area contributed by atoms with Gasteiger partial charge in [0.25, 0.3) is 5.91 Å². The zero-order valence-corrected chi connectivity index (χ0v) is 18.7. The molecule has 2 aromatic heterocycles. The number of nitrogens with zero attached hydrogens (tertiary/aromatic N) is 2. The van der Waals surface area contributed by atoms with Crippen LogP contribution in [0, 0.1) is 5.82 Å². The number of anilines is 2. The Morgan fingerprint density at radius 2 is 1.68 bits per heavy atom. The van der Waals surface area contributed by atoms with Crippen LogP contribution in [0.25, 0.3) is 5.69 Å². The summed E-state index contributed by atoms with van der Waals surface area (Å²) in [6.07, 6.45) is 3.05. The van der Waals surface area contributed by atoms with Crippen LogP contribution in [-0.2, 0) is 6.54 Å². The summed E-state index contributed by atoms with van der Waals surface area (Å²) in [7, 11) is 0. The highest BCUT2D eigenvalue weighted by molar-refractivity contribution is 6.05. The van der Waals surface area contributed by atoms with Gasteiger partial charge in [0.05, 0.1) is 35.9 Å². The van der Waals surface area contributed by atoms with E-state index in [1.807, 2.05) is 13.8 Å². The number of urea groups is 1. The first-order valence-electron chi connectivity index (χ1n) is 10.7. The highest BCUT2D eigenvalue weighted by Gasteiger charge is 2.21. The number of amides is 3. The molecule has 4 aromatic rings. The highest BCUT2D eigenvalue weighted by atomic mass is 19.1. The van der Waals surface area contributed by atoms with E-state index in [4.69, 9.17) is 4.42 Å². The molecular weight excluding hydrogens is 437 g/mol. The topological polar surface area (TPSA) is 101 Å². The average molecular weight is 461 g/mol. The lowest BCUT2D eigenvalue weighted by molar-refractivity contribution is 0.102. The molecule has 34 heavy (non-hydrogen) atoms. The number of rotatable bonds is 7. The number of nitrogens with one attached hydrogen (secondary N) is 3. The van der Waals surface area contributed by atoms with Crippen molar-refractivity contribution in [3.63, 3.8) is 0 Å². The Morgan fingerprint density at radius 1 is 1.00 bits per heavy atom. The van der Waals surface area contributed by atoms with Gasteiger partial charge in [0, 0.05) is 11.4 Å². The van der Waals surface area contributed by atoms with Gasteiger partial charge in [-0.3, -0.25) is 4.79 Å². The summed E-state index contributed by atoms with van der Waals surface area (Å²) in [6.45, 7) is 4.20. The molecule has 4 rings (SSSR count). The van der Waals surface area contributed by atoms with Crippen molar-refractivity contribution in [3.8, 4) is 5.69 Å². The Balaban J connectivity index is 1.41. The first-order chi connectivity index (χ1) is 16.4. The second-order valence-corrected chi connectivity index (χ2v) is 7.90. The van der Waals surface area contributed by atoms with Crippen molar-refractivity contribution >= 4 is 23.3 Å². The maximum atomic E-state index is 13.3. The minimum Gasteiger partial charge on any atom is -0.467 e. The summed E-state index contributed by atoms with van der Waals surface area (Å²) in [5.74, 6) is -0.00170. The molecule has 0 spiro atoms. The molecule has 0 radical (unpaired) electrons. The van der Waals surface area contributed by atoms with E-state index in [1.165, 1.54) is 18.3 Å². The lowest BCUT2D eigenvalue weighted by Crippen LogP contribution is -2.27. The Morgan fingerprint density at radius 3 is 2.29 bits per heavy atom. The van der Waals surface area contributed by atoms with E-state index in [-0.39, 0.29) is 30.2 Å². The van der Waals surface area contributed by atoms with E-state index < -0.39 is 0 Å². The van der Waals surface area contributed by atoms with Crippen LogP contribution in [0.15, 0.2) is 77.5 Å². The molecule has 9 heteroatoms. The molecule has 0 saturated heterocycles. The standard InChI is InChI=1S/C25H24FN5O3/c1-16(2)23-22(15-28-31(23)20-11-5-17(26)6-12-20)24(32)29-18-7-9-19(10-8-18)30-25(33)27-14-21-4-3-13-34-21/h3-13,15-16H,14H2,1-2H3,(H,29,32)(H2,27,30,33). The summed E-state index contributed by atoms with van der Waals surface area (Å²) >= 11 is 0. The van der Waals surface area contributed by atoms with Crippen LogP contribution in [0.3, 0.4) is 0 Å². The van der Waals surface area contributed by atoms with Gasteiger partial charge in [0.15, 0.2) is 0 Å². The van der Waals surface area contributed by atoms with Gasteiger partial charge >= 0.3 is 6.03 Å². The van der Waals surface area contributed by atoms with Crippen molar-refractivity contribution in [2.75, 3.05) is 10.6 Å². The predicted molar refractivity (Wildman–Crippen MR) is 127 cm³/mol. The second kappa shape index (κ2) is 10.0. The number of halogens is 1. The van der Waals surface area contributed by atoms with Crippen molar-refractivity contribution < 1.29 is 18.4 Å². The Bertz CT molecular complexity index is 1260. The number of hydrogen-bond acceptors (Lipinski definition) is 4. The van der Waals surface area contributed by atoms with E-state index in [1.54, 1.807) is 59.5 Å². The van der Waals surface area contributed by atoms with Crippen LogP contribution >= 0.6 is 0 Å². The molecule has 0 fully saturated rings. The summed E-state index contributed by atoms with van der Waals surface area (Å²) in [4.78, 5) is 25.0. The summed E-state index contributed by atoms with van der Waals surface area (Å²) in [5.41, 5.74) is 2.96. The van der Waals surface area contributed by atoms with Crippen molar-refractivity contribution in [1.82, 2.24) is 15.1 Å². The van der Waals surface area contributed by atoms with Crippen molar-refractivity contribution in [3.05, 3.63) is 96.0 Å². The zero-order valence-electron chi connectivity index (χ0n) is 18.7. The van der Waals surface area contributed by atoms with Gasteiger partial charge in [-0.25, -0.2) is 13.9 Å². The third kappa shape index (κ3) is 5.32. The molecule has 2 heterocycles. The van der Waals surface area contributed by atoms with Crippen LogP contribution < -0.4 is 16.0 Å². The monoisotopic (exact) mass is 461 g/mol. The Hall–Kier alpha value is -4.40.